The zero-order chi connectivity index (χ0) is 44.0. The molecular formula is C59H60N6O. The van der Waals surface area contributed by atoms with Crippen molar-refractivity contribution in [2.75, 3.05) is 36.0 Å². The van der Waals surface area contributed by atoms with Gasteiger partial charge in [-0.25, -0.2) is 0 Å². The molecule has 4 aliphatic heterocycles. The average molecular weight is 869 g/mol. The molecule has 0 amide bonds. The van der Waals surface area contributed by atoms with Crippen LogP contribution in [0.2, 0.25) is 0 Å². The first kappa shape index (κ1) is 41.0. The van der Waals surface area contributed by atoms with Crippen molar-refractivity contribution in [1.29, 1.82) is 0 Å². The fourth-order valence-electron chi connectivity index (χ4n) is 12.7. The number of anilines is 2. The average Bonchev–Trinajstić information content (AvgIpc) is 4.11. The van der Waals surface area contributed by atoms with Gasteiger partial charge in [0.15, 0.2) is 5.78 Å². The number of pyridine rings is 2. The molecule has 2 saturated carbocycles. The molecule has 0 saturated heterocycles. The Labute approximate surface area is 390 Å². The third kappa shape index (κ3) is 7.41. The highest BCUT2D eigenvalue weighted by atomic mass is 16.1. The summed E-state index contributed by atoms with van der Waals surface area (Å²) in [5.41, 5.74) is 15.8. The number of aromatic nitrogens is 2. The SMILES string of the molecule is O=C(C1=C(N2CCc3ccccc3C2)C(c2ccccc2)N(CC2CCCC2)c2ccncc21)C1=C(N2CCc3ccccc3C2)C(c2ccccc2)N(CC2CCCC2)c2ccncc21. The lowest BCUT2D eigenvalue weighted by Crippen LogP contribution is -2.46. The van der Waals surface area contributed by atoms with Gasteiger partial charge in [-0.1, -0.05) is 135 Å². The maximum Gasteiger partial charge on any atom is 0.198 e. The molecule has 6 heterocycles. The minimum atomic E-state index is -0.169. The van der Waals surface area contributed by atoms with Crippen molar-refractivity contribution in [3.05, 3.63) is 202 Å². The second-order valence-electron chi connectivity index (χ2n) is 19.7. The van der Waals surface area contributed by atoms with Crippen molar-refractivity contribution in [3.8, 4) is 0 Å². The van der Waals surface area contributed by atoms with Gasteiger partial charge in [-0.05, 0) is 95.9 Å². The fraction of sp³-hybridized carbons (Fsp3) is 0.339. The smallest absolute Gasteiger partial charge is 0.198 e. The maximum atomic E-state index is 17.3. The Bertz CT molecular complexity index is 2610. The highest BCUT2D eigenvalue weighted by molar-refractivity contribution is 6.44. The monoisotopic (exact) mass is 868 g/mol. The summed E-state index contributed by atoms with van der Waals surface area (Å²) >= 11 is 0. The third-order valence-electron chi connectivity index (χ3n) is 15.9. The van der Waals surface area contributed by atoms with Crippen LogP contribution >= 0.6 is 0 Å². The Kier molecular flexibility index (Phi) is 11.0. The third-order valence-corrected chi connectivity index (χ3v) is 15.9. The molecule has 0 spiro atoms. The van der Waals surface area contributed by atoms with Gasteiger partial charge in [0.25, 0.3) is 0 Å². The van der Waals surface area contributed by atoms with Gasteiger partial charge >= 0.3 is 0 Å². The number of carbonyl (C=O) groups is 1. The molecule has 7 heteroatoms. The van der Waals surface area contributed by atoms with Gasteiger partial charge in [-0.15, -0.1) is 0 Å². The van der Waals surface area contributed by atoms with Crippen molar-refractivity contribution < 1.29 is 4.79 Å². The van der Waals surface area contributed by atoms with Gasteiger partial charge in [-0.3, -0.25) is 14.8 Å². The highest BCUT2D eigenvalue weighted by Crippen LogP contribution is 2.54. The van der Waals surface area contributed by atoms with Crippen LogP contribution in [0, 0.1) is 11.8 Å². The number of fused-ring (bicyclic) bond motifs is 4. The molecule has 6 aromatic rings. The van der Waals surface area contributed by atoms with Crippen molar-refractivity contribution >= 4 is 28.3 Å². The molecule has 6 aliphatic rings. The number of hydrogen-bond acceptors (Lipinski definition) is 7. The first-order chi connectivity index (χ1) is 32.7. The van der Waals surface area contributed by atoms with Crippen LogP contribution in [0.1, 0.15) is 108 Å². The fourth-order valence-corrected chi connectivity index (χ4v) is 12.7. The lowest BCUT2D eigenvalue weighted by Gasteiger charge is -2.49. The Hall–Kier alpha value is -6.47. The van der Waals surface area contributed by atoms with E-state index in [1.54, 1.807) is 0 Å². The number of rotatable bonds is 10. The van der Waals surface area contributed by atoms with Gasteiger partial charge in [0.1, 0.15) is 0 Å². The Balaban J connectivity index is 1.14. The van der Waals surface area contributed by atoms with Gasteiger partial charge < -0.3 is 19.6 Å². The number of Topliss-reactive ketones (excluding diaryl/α,β-unsaturated/α-hetero) is 1. The van der Waals surface area contributed by atoms with Crippen LogP contribution < -0.4 is 9.80 Å². The zero-order valence-corrected chi connectivity index (χ0v) is 38.1. The van der Waals surface area contributed by atoms with Crippen LogP contribution in [0.5, 0.6) is 0 Å². The summed E-state index contributed by atoms with van der Waals surface area (Å²) < 4.78 is 0. The molecule has 0 bridgehead atoms. The molecule has 0 radical (unpaired) electrons. The quantitative estimate of drug-likeness (QED) is 0.136. The van der Waals surface area contributed by atoms with E-state index in [1.165, 1.54) is 84.7 Å². The predicted octanol–water partition coefficient (Wildman–Crippen LogP) is 11.8. The summed E-state index contributed by atoms with van der Waals surface area (Å²) in [6.07, 6.45) is 19.8. The first-order valence-electron chi connectivity index (χ1n) is 24.9. The summed E-state index contributed by atoms with van der Waals surface area (Å²) in [6.45, 7) is 5.01. The largest absolute Gasteiger partial charge is 0.368 e. The standard InChI is InChI=1S/C59H60N6O/c66-59(53-49-35-60-31-27-51(49)64(37-41-15-7-8-16-41)55(45-21-3-1-4-22-45)57(53)62-33-29-43-19-11-13-25-47(43)39-62)54-50-36-61-32-28-52(50)65(38-42-17-9-10-18-42)56(46-23-5-2-6-24-46)58(54)63-34-30-44-20-12-14-26-48(44)40-63/h1-6,11-14,19-28,31-32,35-36,41-42,55-56H,7-10,15-18,29-30,33-34,37-40H2. The van der Waals surface area contributed by atoms with E-state index in [-0.39, 0.29) is 17.9 Å². The summed E-state index contributed by atoms with van der Waals surface area (Å²) in [4.78, 5) is 37.5. The van der Waals surface area contributed by atoms with Crippen LogP contribution in [0.15, 0.2) is 158 Å². The summed E-state index contributed by atoms with van der Waals surface area (Å²) in [5.74, 6) is 1.25. The van der Waals surface area contributed by atoms with Gasteiger partial charge in [0.05, 0.1) is 34.6 Å². The predicted molar refractivity (Wildman–Crippen MR) is 265 cm³/mol. The number of ketones is 1. The van der Waals surface area contributed by atoms with Crippen LogP contribution in [0.3, 0.4) is 0 Å². The molecule has 66 heavy (non-hydrogen) atoms. The second kappa shape index (κ2) is 17.7. The Morgan fingerprint density at radius 3 is 1.30 bits per heavy atom. The van der Waals surface area contributed by atoms with Crippen LogP contribution in [0.4, 0.5) is 11.4 Å². The van der Waals surface area contributed by atoms with Crippen LogP contribution in [-0.2, 0) is 30.7 Å². The molecule has 2 unspecified atom stereocenters. The van der Waals surface area contributed by atoms with Gasteiger partial charge in [-0.2, -0.15) is 0 Å². The molecule has 2 atom stereocenters. The van der Waals surface area contributed by atoms with Gasteiger partial charge in [0.2, 0.25) is 0 Å². The van der Waals surface area contributed by atoms with Crippen molar-refractivity contribution in [3.63, 3.8) is 0 Å². The molecule has 2 fully saturated rings. The number of carbonyl (C=O) groups excluding carboxylic acids is 1. The van der Waals surface area contributed by atoms with E-state index >= 15 is 4.79 Å². The van der Waals surface area contributed by atoms with E-state index in [4.69, 9.17) is 9.97 Å². The number of allylic oxidation sites excluding steroid dienone is 2. The van der Waals surface area contributed by atoms with E-state index < -0.39 is 0 Å². The molecule has 2 aliphatic carbocycles. The molecule has 7 nitrogen and oxygen atoms in total. The summed E-state index contributed by atoms with van der Waals surface area (Å²) in [5, 5.41) is 0. The van der Waals surface area contributed by atoms with E-state index in [1.807, 2.05) is 24.8 Å². The lowest BCUT2D eigenvalue weighted by molar-refractivity contribution is -0.109. The van der Waals surface area contributed by atoms with Crippen LogP contribution in [0.25, 0.3) is 11.1 Å². The van der Waals surface area contributed by atoms with Crippen molar-refractivity contribution in [2.45, 2.75) is 89.4 Å². The van der Waals surface area contributed by atoms with Crippen LogP contribution in [-0.4, -0.2) is 51.7 Å². The minimum absolute atomic E-state index is 0.0733. The lowest BCUT2D eigenvalue weighted by atomic mass is 9.79. The minimum Gasteiger partial charge on any atom is -0.368 e. The summed E-state index contributed by atoms with van der Waals surface area (Å²) in [6, 6.07) is 44.0. The molecule has 4 aromatic carbocycles. The normalized spacial score (nSPS) is 20.9. The zero-order valence-electron chi connectivity index (χ0n) is 38.1. The Morgan fingerprint density at radius 2 is 0.879 bits per heavy atom. The van der Waals surface area contributed by atoms with E-state index in [9.17, 15) is 0 Å². The number of hydrogen-bond donors (Lipinski definition) is 0. The molecule has 332 valence electrons. The topological polar surface area (TPSA) is 55.8 Å². The first-order valence-corrected chi connectivity index (χ1v) is 24.9. The van der Waals surface area contributed by atoms with Crippen molar-refractivity contribution in [2.24, 2.45) is 11.8 Å². The number of nitrogens with zero attached hydrogens (tertiary/aromatic N) is 6. The molecular weight excluding hydrogens is 809 g/mol. The van der Waals surface area contributed by atoms with Gasteiger partial charge in [0, 0.05) is 86.6 Å². The Morgan fingerprint density at radius 1 is 0.485 bits per heavy atom. The molecule has 0 N–H and O–H groups in total. The molecule has 12 rings (SSSR count). The highest BCUT2D eigenvalue weighted by Gasteiger charge is 2.46. The number of benzene rings is 4. The van der Waals surface area contributed by atoms with E-state index in [0.717, 1.165) is 97.2 Å². The maximum absolute atomic E-state index is 17.3. The molecule has 2 aromatic heterocycles. The van der Waals surface area contributed by atoms with Crippen molar-refractivity contribution in [1.82, 2.24) is 19.8 Å². The van der Waals surface area contributed by atoms with E-state index in [2.05, 4.69) is 141 Å². The van der Waals surface area contributed by atoms with E-state index in [0.29, 0.717) is 11.8 Å². The summed E-state index contributed by atoms with van der Waals surface area (Å²) in [7, 11) is 0. The second-order valence-corrected chi connectivity index (χ2v) is 19.7.